The van der Waals surface area contributed by atoms with Gasteiger partial charge in [-0.2, -0.15) is 0 Å². The Kier molecular flexibility index (Phi) is 13.1. The molecule has 5 nitrogen and oxygen atoms in total. The number of guanidine groups is 1. The van der Waals surface area contributed by atoms with Gasteiger partial charge in [0.15, 0.2) is 5.96 Å². The molecule has 0 heterocycles. The molecule has 5 N–H and O–H groups in total. The minimum Gasteiger partial charge on any atom is -0.370 e. The predicted octanol–water partition coefficient (Wildman–Crippen LogP) is 1.17. The summed E-state index contributed by atoms with van der Waals surface area (Å²) in [7, 11) is 0. The van der Waals surface area contributed by atoms with Gasteiger partial charge in [0.25, 0.3) is 0 Å². The first-order valence-corrected chi connectivity index (χ1v) is 6.98. The third kappa shape index (κ3) is 13.0. The molecule has 18 heavy (non-hydrogen) atoms. The van der Waals surface area contributed by atoms with E-state index in [9.17, 15) is 4.79 Å². The molecule has 0 aromatic carbocycles. The van der Waals surface area contributed by atoms with Crippen LogP contribution in [-0.4, -0.2) is 31.9 Å². The maximum Gasteiger partial charge on any atom is 0.188 e. The normalized spacial score (nSPS) is 11.5. The molecule has 5 heteroatoms. The van der Waals surface area contributed by atoms with Crippen molar-refractivity contribution in [1.82, 2.24) is 5.32 Å². The van der Waals surface area contributed by atoms with Gasteiger partial charge in [0, 0.05) is 19.5 Å². The highest BCUT2D eigenvalue weighted by Gasteiger charge is 1.93. The van der Waals surface area contributed by atoms with Crippen LogP contribution >= 0.6 is 0 Å². The maximum absolute atomic E-state index is 10.1. The molecule has 0 aliphatic heterocycles. The van der Waals surface area contributed by atoms with E-state index in [2.05, 4.69) is 10.3 Å². The van der Waals surface area contributed by atoms with Crippen molar-refractivity contribution in [2.24, 2.45) is 16.5 Å². The molecule has 0 unspecified atom stereocenters. The number of aldehydes is 1. The Hall–Kier alpha value is -1.10. The van der Waals surface area contributed by atoms with Gasteiger partial charge in [-0.05, 0) is 32.2 Å². The summed E-state index contributed by atoms with van der Waals surface area (Å²) < 4.78 is 0. The average molecular weight is 256 g/mol. The van der Waals surface area contributed by atoms with Crippen molar-refractivity contribution in [2.45, 2.75) is 51.4 Å². The number of nitrogens with two attached hydrogens (primary N) is 2. The molecule has 0 spiro atoms. The highest BCUT2D eigenvalue weighted by molar-refractivity contribution is 5.77. The van der Waals surface area contributed by atoms with E-state index in [1.165, 1.54) is 12.8 Å². The van der Waals surface area contributed by atoms with Gasteiger partial charge in [-0.25, -0.2) is 0 Å². The lowest BCUT2D eigenvalue weighted by Gasteiger charge is -2.05. The number of carbonyl (C=O) groups is 1. The molecular formula is C13H28N4O. The fourth-order valence-electron chi connectivity index (χ4n) is 1.61. The molecule has 0 saturated heterocycles. The number of carbonyl (C=O) groups excluding carboxylic acids is 1. The number of hydrogen-bond donors (Lipinski definition) is 3. The Labute approximate surface area is 110 Å². The van der Waals surface area contributed by atoms with Crippen LogP contribution in [0.1, 0.15) is 51.4 Å². The smallest absolute Gasteiger partial charge is 0.188 e. The number of unbranched alkanes of at least 4 members (excludes halogenated alkanes) is 6. The van der Waals surface area contributed by atoms with E-state index in [1.807, 2.05) is 0 Å². The Bertz CT molecular complexity index is 219. The zero-order chi connectivity index (χ0) is 13.5. The number of nitrogens with one attached hydrogen (secondary N) is 1. The van der Waals surface area contributed by atoms with Crippen molar-refractivity contribution in [3.8, 4) is 0 Å². The minimum atomic E-state index is 0.532. The molecule has 0 fully saturated rings. The zero-order valence-corrected chi connectivity index (χ0v) is 11.4. The van der Waals surface area contributed by atoms with Crippen LogP contribution in [0.3, 0.4) is 0 Å². The quantitative estimate of drug-likeness (QED) is 0.211. The van der Waals surface area contributed by atoms with Gasteiger partial charge < -0.3 is 21.6 Å². The monoisotopic (exact) mass is 256 g/mol. The molecule has 0 aromatic rings. The summed E-state index contributed by atoms with van der Waals surface area (Å²) in [6.07, 6.45) is 9.17. The lowest BCUT2D eigenvalue weighted by molar-refractivity contribution is -0.107. The predicted molar refractivity (Wildman–Crippen MR) is 76.5 cm³/mol. The first kappa shape index (κ1) is 16.9. The van der Waals surface area contributed by atoms with Crippen LogP contribution in [0.4, 0.5) is 0 Å². The van der Waals surface area contributed by atoms with Crippen LogP contribution < -0.4 is 16.8 Å². The second kappa shape index (κ2) is 14.0. The lowest BCUT2D eigenvalue weighted by Crippen LogP contribution is -2.32. The maximum atomic E-state index is 10.1. The number of nitrogens with zero attached hydrogens (tertiary/aromatic N) is 1. The summed E-state index contributed by atoms with van der Waals surface area (Å²) in [6.45, 7) is 2.40. The fraction of sp³-hybridized carbons (Fsp3) is 0.846. The molecule has 0 amide bonds. The van der Waals surface area contributed by atoms with E-state index < -0.39 is 0 Å². The van der Waals surface area contributed by atoms with E-state index in [4.69, 9.17) is 11.5 Å². The summed E-state index contributed by atoms with van der Waals surface area (Å²) in [6, 6.07) is 0. The van der Waals surface area contributed by atoms with Crippen LogP contribution in [-0.2, 0) is 4.79 Å². The molecule has 0 saturated carbocycles. The second-order valence-electron chi connectivity index (χ2n) is 4.41. The van der Waals surface area contributed by atoms with E-state index in [0.29, 0.717) is 12.4 Å². The van der Waals surface area contributed by atoms with Crippen LogP contribution in [0, 0.1) is 0 Å². The van der Waals surface area contributed by atoms with Gasteiger partial charge in [-0.3, -0.25) is 4.99 Å². The van der Waals surface area contributed by atoms with Crippen LogP contribution in [0.15, 0.2) is 4.99 Å². The Morgan fingerprint density at radius 3 is 2.50 bits per heavy atom. The van der Waals surface area contributed by atoms with Gasteiger partial charge in [0.2, 0.25) is 0 Å². The van der Waals surface area contributed by atoms with E-state index in [0.717, 1.165) is 58.0 Å². The van der Waals surface area contributed by atoms with E-state index in [-0.39, 0.29) is 0 Å². The van der Waals surface area contributed by atoms with Gasteiger partial charge in [0.1, 0.15) is 6.29 Å². The first-order chi connectivity index (χ1) is 8.81. The van der Waals surface area contributed by atoms with Gasteiger partial charge in [-0.1, -0.05) is 19.3 Å². The largest absolute Gasteiger partial charge is 0.370 e. The first-order valence-electron chi connectivity index (χ1n) is 6.98. The topological polar surface area (TPSA) is 93.5 Å². The molecular weight excluding hydrogens is 228 g/mol. The molecule has 0 atom stereocenters. The number of rotatable bonds is 12. The standard InChI is InChI=1S/C13H28N4O/c14-9-5-1-2-6-10-16-13(15)17-11-7-3-4-8-12-18/h12H,1-11,14H2,(H3,15,16,17). The molecule has 106 valence electrons. The van der Waals surface area contributed by atoms with Gasteiger partial charge in [-0.15, -0.1) is 0 Å². The molecule has 0 rings (SSSR count). The molecule has 0 bridgehead atoms. The van der Waals surface area contributed by atoms with Crippen molar-refractivity contribution in [3.05, 3.63) is 0 Å². The van der Waals surface area contributed by atoms with Crippen LogP contribution in [0.25, 0.3) is 0 Å². The Balaban J connectivity index is 3.28. The Morgan fingerprint density at radius 1 is 1.06 bits per heavy atom. The van der Waals surface area contributed by atoms with Crippen LogP contribution in [0.2, 0.25) is 0 Å². The second-order valence-corrected chi connectivity index (χ2v) is 4.41. The SMILES string of the molecule is NCCCCCCNC(N)=NCCCCCC=O. The van der Waals surface area contributed by atoms with Crippen molar-refractivity contribution >= 4 is 12.2 Å². The van der Waals surface area contributed by atoms with Crippen LogP contribution in [0.5, 0.6) is 0 Å². The zero-order valence-electron chi connectivity index (χ0n) is 11.4. The molecule has 0 radical (unpaired) electrons. The summed E-state index contributed by atoms with van der Waals surface area (Å²) in [5.74, 6) is 0.532. The fourth-order valence-corrected chi connectivity index (χ4v) is 1.61. The highest BCUT2D eigenvalue weighted by Crippen LogP contribution is 1.98. The number of hydrogen-bond acceptors (Lipinski definition) is 3. The lowest BCUT2D eigenvalue weighted by atomic mass is 10.2. The van der Waals surface area contributed by atoms with Gasteiger partial charge >= 0.3 is 0 Å². The van der Waals surface area contributed by atoms with Crippen molar-refractivity contribution < 1.29 is 4.79 Å². The van der Waals surface area contributed by atoms with Crippen molar-refractivity contribution in [3.63, 3.8) is 0 Å². The van der Waals surface area contributed by atoms with Crippen molar-refractivity contribution in [2.75, 3.05) is 19.6 Å². The summed E-state index contributed by atoms with van der Waals surface area (Å²) >= 11 is 0. The van der Waals surface area contributed by atoms with E-state index >= 15 is 0 Å². The third-order valence-corrected chi connectivity index (χ3v) is 2.70. The van der Waals surface area contributed by atoms with Gasteiger partial charge in [0.05, 0.1) is 0 Å². The number of aliphatic imine (C=N–C) groups is 1. The Morgan fingerprint density at radius 2 is 1.78 bits per heavy atom. The third-order valence-electron chi connectivity index (χ3n) is 2.70. The molecule has 0 aromatic heterocycles. The van der Waals surface area contributed by atoms with E-state index in [1.54, 1.807) is 0 Å². The average Bonchev–Trinajstić information content (AvgIpc) is 2.38. The summed E-state index contributed by atoms with van der Waals surface area (Å²) in [4.78, 5) is 14.3. The summed E-state index contributed by atoms with van der Waals surface area (Å²) in [5, 5.41) is 3.10. The minimum absolute atomic E-state index is 0.532. The molecule has 0 aliphatic rings. The van der Waals surface area contributed by atoms with Crippen molar-refractivity contribution in [1.29, 1.82) is 0 Å². The molecule has 0 aliphatic carbocycles. The highest BCUT2D eigenvalue weighted by atomic mass is 16.1. The summed E-state index contributed by atoms with van der Waals surface area (Å²) in [5.41, 5.74) is 11.1.